The van der Waals surface area contributed by atoms with Crippen LogP contribution >= 0.6 is 11.6 Å². The van der Waals surface area contributed by atoms with Crippen LogP contribution in [0.4, 0.5) is 11.5 Å². The number of morpholine rings is 1. The van der Waals surface area contributed by atoms with Gasteiger partial charge < -0.3 is 15.0 Å². The topological polar surface area (TPSA) is 67.4 Å². The molecule has 6 nitrogen and oxygen atoms in total. The Hall–Kier alpha value is -2.18. The summed E-state index contributed by atoms with van der Waals surface area (Å²) in [6, 6.07) is 8.98. The summed E-state index contributed by atoms with van der Waals surface area (Å²) in [7, 11) is 0. The summed E-state index contributed by atoms with van der Waals surface area (Å²) in [5.41, 5.74) is 2.24. The highest BCUT2D eigenvalue weighted by Gasteiger charge is 2.19. The monoisotopic (exact) mass is 332 g/mol. The van der Waals surface area contributed by atoms with Crippen molar-refractivity contribution < 1.29 is 9.53 Å². The molecule has 0 bridgehead atoms. The normalized spacial score (nSPS) is 14.6. The van der Waals surface area contributed by atoms with Crippen molar-refractivity contribution in [3.05, 3.63) is 46.6 Å². The van der Waals surface area contributed by atoms with Gasteiger partial charge >= 0.3 is 0 Å². The predicted molar refractivity (Wildman–Crippen MR) is 88.2 cm³/mol. The number of amides is 1. The van der Waals surface area contributed by atoms with Gasteiger partial charge in [0.1, 0.15) is 0 Å². The number of halogens is 1. The van der Waals surface area contributed by atoms with Crippen LogP contribution in [0.15, 0.2) is 30.3 Å². The predicted octanol–water partition coefficient (Wildman–Crippen LogP) is 2.65. The molecule has 0 unspecified atom stereocenters. The van der Waals surface area contributed by atoms with E-state index in [0.717, 1.165) is 11.3 Å². The van der Waals surface area contributed by atoms with Gasteiger partial charge in [-0.25, -0.2) is 0 Å². The van der Waals surface area contributed by atoms with Crippen molar-refractivity contribution in [2.75, 3.05) is 31.6 Å². The first-order chi connectivity index (χ1) is 11.1. The van der Waals surface area contributed by atoms with E-state index in [9.17, 15) is 4.79 Å². The smallest absolute Gasteiger partial charge is 0.274 e. The van der Waals surface area contributed by atoms with Gasteiger partial charge in [-0.1, -0.05) is 11.6 Å². The molecule has 1 aromatic heterocycles. The third-order valence-electron chi connectivity index (χ3n) is 3.63. The molecule has 0 spiro atoms. The van der Waals surface area contributed by atoms with Gasteiger partial charge in [0, 0.05) is 23.8 Å². The molecule has 1 fully saturated rings. The van der Waals surface area contributed by atoms with Crippen molar-refractivity contribution in [1.29, 1.82) is 0 Å². The molecule has 0 aliphatic carbocycles. The summed E-state index contributed by atoms with van der Waals surface area (Å²) in [5, 5.41) is 12.0. The molecular formula is C16H17ClN4O2. The van der Waals surface area contributed by atoms with Crippen LogP contribution in [0.2, 0.25) is 5.02 Å². The fraction of sp³-hybridized carbons (Fsp3) is 0.312. The van der Waals surface area contributed by atoms with Crippen molar-refractivity contribution in [1.82, 2.24) is 15.1 Å². The fourth-order valence-corrected chi connectivity index (χ4v) is 2.57. The Kier molecular flexibility index (Phi) is 4.73. The van der Waals surface area contributed by atoms with Gasteiger partial charge in [0.15, 0.2) is 11.5 Å². The molecule has 3 rings (SSSR count). The maximum Gasteiger partial charge on any atom is 0.274 e. The molecule has 0 saturated carbocycles. The van der Waals surface area contributed by atoms with E-state index in [2.05, 4.69) is 15.5 Å². The number of aryl methyl sites for hydroxylation is 1. The number of hydrogen-bond donors (Lipinski definition) is 1. The minimum absolute atomic E-state index is 0.116. The molecule has 1 saturated heterocycles. The van der Waals surface area contributed by atoms with Crippen LogP contribution in [0.1, 0.15) is 16.1 Å². The largest absolute Gasteiger partial charge is 0.378 e. The second kappa shape index (κ2) is 6.93. The molecule has 120 valence electrons. The van der Waals surface area contributed by atoms with Gasteiger partial charge in [0.25, 0.3) is 5.91 Å². The maximum atomic E-state index is 12.3. The van der Waals surface area contributed by atoms with E-state index in [4.69, 9.17) is 16.3 Å². The van der Waals surface area contributed by atoms with Gasteiger partial charge in [0.2, 0.25) is 0 Å². The zero-order valence-electron chi connectivity index (χ0n) is 12.8. The number of anilines is 2. The van der Waals surface area contributed by atoms with Crippen molar-refractivity contribution in [3.8, 4) is 0 Å². The number of nitrogens with zero attached hydrogens (tertiary/aromatic N) is 3. The first-order valence-electron chi connectivity index (χ1n) is 7.37. The Morgan fingerprint density at radius 2 is 2.00 bits per heavy atom. The van der Waals surface area contributed by atoms with Crippen LogP contribution in [-0.4, -0.2) is 47.3 Å². The number of nitrogens with one attached hydrogen (secondary N) is 1. The summed E-state index contributed by atoms with van der Waals surface area (Å²) in [6.45, 7) is 4.26. The molecule has 0 radical (unpaired) electrons. The van der Waals surface area contributed by atoms with E-state index < -0.39 is 0 Å². The number of carbonyl (C=O) groups is 1. The van der Waals surface area contributed by atoms with Crippen LogP contribution in [0.3, 0.4) is 0 Å². The van der Waals surface area contributed by atoms with Crippen LogP contribution in [0, 0.1) is 6.92 Å². The van der Waals surface area contributed by atoms with E-state index in [0.29, 0.717) is 42.8 Å². The van der Waals surface area contributed by atoms with Crippen molar-refractivity contribution >= 4 is 29.0 Å². The quantitative estimate of drug-likeness (QED) is 0.936. The summed E-state index contributed by atoms with van der Waals surface area (Å²) in [6.07, 6.45) is 0. The average Bonchev–Trinajstić information content (AvgIpc) is 2.58. The molecule has 1 aliphatic rings. The number of aromatic nitrogens is 2. The molecular weight excluding hydrogens is 316 g/mol. The average molecular weight is 333 g/mol. The summed E-state index contributed by atoms with van der Waals surface area (Å²) >= 11 is 5.94. The summed E-state index contributed by atoms with van der Waals surface area (Å²) < 4.78 is 5.24. The van der Waals surface area contributed by atoms with Gasteiger partial charge in [-0.3, -0.25) is 4.79 Å². The Balaban J connectivity index is 1.70. The number of benzene rings is 1. The molecule has 2 aromatic rings. The third kappa shape index (κ3) is 3.78. The molecule has 1 aliphatic heterocycles. The van der Waals surface area contributed by atoms with E-state index in [1.54, 1.807) is 23.1 Å². The van der Waals surface area contributed by atoms with Gasteiger partial charge in [-0.15, -0.1) is 10.2 Å². The van der Waals surface area contributed by atoms with Gasteiger partial charge in [-0.2, -0.15) is 0 Å². The van der Waals surface area contributed by atoms with E-state index in [1.165, 1.54) is 0 Å². The van der Waals surface area contributed by atoms with Gasteiger partial charge in [-0.05, 0) is 42.8 Å². The lowest BCUT2D eigenvalue weighted by atomic mass is 10.2. The number of hydrogen-bond acceptors (Lipinski definition) is 5. The van der Waals surface area contributed by atoms with Crippen LogP contribution in [0.25, 0.3) is 0 Å². The Bertz CT molecular complexity index is 700. The SMILES string of the molecule is Cc1cc(Cl)ccc1Nc1ccc(C(=O)N2CCOCC2)nn1. The molecule has 1 aromatic carbocycles. The minimum Gasteiger partial charge on any atom is -0.378 e. The molecule has 1 amide bonds. The maximum absolute atomic E-state index is 12.3. The highest BCUT2D eigenvalue weighted by Crippen LogP contribution is 2.22. The zero-order valence-corrected chi connectivity index (χ0v) is 13.5. The zero-order chi connectivity index (χ0) is 16.2. The molecule has 1 N–H and O–H groups in total. The Morgan fingerprint density at radius 3 is 2.65 bits per heavy atom. The van der Waals surface area contributed by atoms with Gasteiger partial charge in [0.05, 0.1) is 13.2 Å². The van der Waals surface area contributed by atoms with Crippen LogP contribution in [0.5, 0.6) is 0 Å². The van der Waals surface area contributed by atoms with Crippen LogP contribution < -0.4 is 5.32 Å². The number of rotatable bonds is 3. The molecule has 2 heterocycles. The number of carbonyl (C=O) groups excluding carboxylic acids is 1. The minimum atomic E-state index is -0.116. The first-order valence-corrected chi connectivity index (χ1v) is 7.75. The second-order valence-electron chi connectivity index (χ2n) is 5.29. The van der Waals surface area contributed by atoms with Crippen LogP contribution in [-0.2, 0) is 4.74 Å². The second-order valence-corrected chi connectivity index (χ2v) is 5.73. The Morgan fingerprint density at radius 1 is 1.22 bits per heavy atom. The highest BCUT2D eigenvalue weighted by atomic mass is 35.5. The standard InChI is InChI=1S/C16H17ClN4O2/c1-11-10-12(17)2-3-13(11)18-15-5-4-14(19-20-15)16(22)21-6-8-23-9-7-21/h2-5,10H,6-9H2,1H3,(H,18,20). The van der Waals surface area contributed by atoms with E-state index in [1.807, 2.05) is 19.1 Å². The Labute approximate surface area is 139 Å². The number of ether oxygens (including phenoxy) is 1. The van der Waals surface area contributed by atoms with Crippen molar-refractivity contribution in [2.45, 2.75) is 6.92 Å². The molecule has 23 heavy (non-hydrogen) atoms. The molecule has 7 heteroatoms. The highest BCUT2D eigenvalue weighted by molar-refractivity contribution is 6.30. The lowest BCUT2D eigenvalue weighted by Gasteiger charge is -2.26. The fourth-order valence-electron chi connectivity index (χ4n) is 2.35. The third-order valence-corrected chi connectivity index (χ3v) is 3.87. The first kappa shape index (κ1) is 15.7. The summed E-state index contributed by atoms with van der Waals surface area (Å²) in [4.78, 5) is 14.0. The van der Waals surface area contributed by atoms with Crippen molar-refractivity contribution in [3.63, 3.8) is 0 Å². The van der Waals surface area contributed by atoms with Crippen molar-refractivity contribution in [2.24, 2.45) is 0 Å². The summed E-state index contributed by atoms with van der Waals surface area (Å²) in [5.74, 6) is 0.462. The van der Waals surface area contributed by atoms with E-state index >= 15 is 0 Å². The lowest BCUT2D eigenvalue weighted by molar-refractivity contribution is 0.0298. The lowest BCUT2D eigenvalue weighted by Crippen LogP contribution is -2.41. The van der Waals surface area contributed by atoms with E-state index in [-0.39, 0.29) is 5.91 Å². The molecule has 0 atom stereocenters.